The molecule has 0 saturated carbocycles. The van der Waals surface area contributed by atoms with E-state index in [1.54, 1.807) is 7.05 Å². The van der Waals surface area contributed by atoms with Crippen molar-refractivity contribution in [3.05, 3.63) is 0 Å². The normalized spacial score (nSPS) is 5.17. The van der Waals surface area contributed by atoms with Crippen LogP contribution in [0.4, 0.5) is 0 Å². The van der Waals surface area contributed by atoms with Crippen LogP contribution in [-0.2, 0) is 0 Å². The van der Waals surface area contributed by atoms with Crippen LogP contribution < -0.4 is 0 Å². The summed E-state index contributed by atoms with van der Waals surface area (Å²) in [5.74, 6) is 0. The van der Waals surface area contributed by atoms with Gasteiger partial charge in [-0.1, -0.05) is 20.3 Å². The Bertz CT molecular complexity index is 17.9. The number of nitrogens with zero attached hydrogens (tertiary/aromatic N) is 1. The fraction of sp³-hybridized carbons (Fsp3) is 0.800. The predicted octanol–water partition coefficient (Wildman–Crippen LogP) is 1.73. The van der Waals surface area contributed by atoms with E-state index in [0.717, 1.165) is 0 Å². The largest absolute Gasteiger partial charge is 0.304 e. The second-order valence-electron chi connectivity index (χ2n) is 1.02. The van der Waals surface area contributed by atoms with Gasteiger partial charge in [0, 0.05) is 7.05 Å². The van der Waals surface area contributed by atoms with E-state index in [0.29, 0.717) is 0 Å². The first-order valence-electron chi connectivity index (χ1n) is 2.18. The van der Waals surface area contributed by atoms with Gasteiger partial charge in [0.15, 0.2) is 0 Å². The average molecular weight is 87.2 g/mol. The molecule has 0 aromatic carbocycles. The van der Waals surface area contributed by atoms with Crippen molar-refractivity contribution < 1.29 is 0 Å². The first-order chi connectivity index (χ1) is 2.83. The SMILES string of the molecule is C=NC.CCC. The van der Waals surface area contributed by atoms with Gasteiger partial charge in [-0.15, -0.1) is 0 Å². The number of rotatable bonds is 0. The maximum absolute atomic E-state index is 3.25. The van der Waals surface area contributed by atoms with Gasteiger partial charge in [0.1, 0.15) is 0 Å². The highest BCUT2D eigenvalue weighted by Gasteiger charge is 1.35. The smallest absolute Gasteiger partial charge is 0.0269 e. The van der Waals surface area contributed by atoms with Gasteiger partial charge in [-0.25, -0.2) is 0 Å². The van der Waals surface area contributed by atoms with Crippen LogP contribution in [-0.4, -0.2) is 13.8 Å². The lowest BCUT2D eigenvalue weighted by molar-refractivity contribution is 1.09. The maximum Gasteiger partial charge on any atom is 0.0269 e. The first kappa shape index (κ1) is 9.18. The Hall–Kier alpha value is -0.330. The summed E-state index contributed by atoms with van der Waals surface area (Å²) in [5.41, 5.74) is 0. The first-order valence-corrected chi connectivity index (χ1v) is 2.18. The van der Waals surface area contributed by atoms with Gasteiger partial charge in [-0.3, -0.25) is 0 Å². The Morgan fingerprint density at radius 2 is 1.50 bits per heavy atom. The van der Waals surface area contributed by atoms with Gasteiger partial charge in [0.05, 0.1) is 0 Å². The molecular formula is C5H13N. The Morgan fingerprint density at radius 3 is 1.50 bits per heavy atom. The molecule has 0 aliphatic carbocycles. The summed E-state index contributed by atoms with van der Waals surface area (Å²) in [6.45, 7) is 7.36. The Morgan fingerprint density at radius 1 is 1.50 bits per heavy atom. The van der Waals surface area contributed by atoms with E-state index in [1.165, 1.54) is 6.42 Å². The molecule has 0 aliphatic heterocycles. The summed E-state index contributed by atoms with van der Waals surface area (Å²) in [6.07, 6.45) is 1.25. The zero-order valence-corrected chi connectivity index (χ0v) is 4.86. The van der Waals surface area contributed by atoms with E-state index in [4.69, 9.17) is 0 Å². The highest BCUT2D eigenvalue weighted by Crippen LogP contribution is 1.56. The molecule has 0 amide bonds. The van der Waals surface area contributed by atoms with E-state index in [-0.39, 0.29) is 0 Å². The highest BCUT2D eigenvalue weighted by molar-refractivity contribution is 5.22. The van der Waals surface area contributed by atoms with Crippen LogP contribution in [0.5, 0.6) is 0 Å². The van der Waals surface area contributed by atoms with Crippen molar-refractivity contribution in [1.29, 1.82) is 0 Å². The quantitative estimate of drug-likeness (QED) is 0.399. The molecule has 0 spiro atoms. The second-order valence-corrected chi connectivity index (χ2v) is 1.02. The van der Waals surface area contributed by atoms with Crippen molar-refractivity contribution in [1.82, 2.24) is 0 Å². The topological polar surface area (TPSA) is 12.4 Å². The Kier molecular flexibility index (Phi) is 34.5. The Labute approximate surface area is 40.1 Å². The minimum Gasteiger partial charge on any atom is -0.304 e. The van der Waals surface area contributed by atoms with Gasteiger partial charge in [0.25, 0.3) is 0 Å². The average Bonchev–Trinajstić information content (AvgIpc) is 1.39. The minimum absolute atomic E-state index is 1.25. The lowest BCUT2D eigenvalue weighted by atomic mass is 10.6. The standard InChI is InChI=1S/C3H8.C2H5N/c2*1-3-2/h3H2,1-2H3;1H2,2H3. The summed E-state index contributed by atoms with van der Waals surface area (Å²) in [4.78, 5) is 3.25. The zero-order chi connectivity index (χ0) is 5.41. The van der Waals surface area contributed by atoms with Gasteiger partial charge < -0.3 is 4.99 Å². The van der Waals surface area contributed by atoms with E-state index >= 15 is 0 Å². The highest BCUT2D eigenvalue weighted by atomic mass is 14.6. The summed E-state index contributed by atoms with van der Waals surface area (Å²) in [7, 11) is 1.64. The molecule has 0 radical (unpaired) electrons. The number of hydrogen-bond acceptors (Lipinski definition) is 1. The molecule has 1 nitrogen and oxygen atoms in total. The molecule has 0 saturated heterocycles. The van der Waals surface area contributed by atoms with Crippen LogP contribution in [0, 0.1) is 0 Å². The number of hydrogen-bond donors (Lipinski definition) is 0. The molecule has 1 heteroatoms. The van der Waals surface area contributed by atoms with Crippen LogP contribution in [0.25, 0.3) is 0 Å². The molecule has 0 heterocycles. The van der Waals surface area contributed by atoms with Crippen LogP contribution in [0.3, 0.4) is 0 Å². The second kappa shape index (κ2) is 22.6. The molecular weight excluding hydrogens is 74.1 g/mol. The molecule has 6 heavy (non-hydrogen) atoms. The van der Waals surface area contributed by atoms with Crippen LogP contribution in [0.15, 0.2) is 4.99 Å². The summed E-state index contributed by atoms with van der Waals surface area (Å²) >= 11 is 0. The maximum atomic E-state index is 3.25. The molecule has 0 atom stereocenters. The van der Waals surface area contributed by atoms with Crippen molar-refractivity contribution in [3.63, 3.8) is 0 Å². The van der Waals surface area contributed by atoms with Crippen molar-refractivity contribution >= 4 is 6.72 Å². The van der Waals surface area contributed by atoms with E-state index in [9.17, 15) is 0 Å². The fourth-order valence-electron chi connectivity index (χ4n) is 0. The van der Waals surface area contributed by atoms with Crippen molar-refractivity contribution in [3.8, 4) is 0 Å². The summed E-state index contributed by atoms with van der Waals surface area (Å²) in [6, 6.07) is 0. The molecule has 0 N–H and O–H groups in total. The molecule has 0 unspecified atom stereocenters. The fourth-order valence-corrected chi connectivity index (χ4v) is 0. The predicted molar refractivity (Wildman–Crippen MR) is 31.4 cm³/mol. The molecule has 0 bridgehead atoms. The molecule has 38 valence electrons. The number of aliphatic imine (C=N–C) groups is 1. The molecule has 0 aromatic heterocycles. The zero-order valence-electron chi connectivity index (χ0n) is 4.86. The van der Waals surface area contributed by atoms with Gasteiger partial charge in [0.2, 0.25) is 0 Å². The summed E-state index contributed by atoms with van der Waals surface area (Å²) < 4.78 is 0. The van der Waals surface area contributed by atoms with Crippen LogP contribution in [0.1, 0.15) is 20.3 Å². The van der Waals surface area contributed by atoms with E-state index < -0.39 is 0 Å². The van der Waals surface area contributed by atoms with E-state index in [2.05, 4.69) is 25.6 Å². The van der Waals surface area contributed by atoms with Crippen molar-refractivity contribution in [2.45, 2.75) is 20.3 Å². The third kappa shape index (κ3) is 240. The molecule has 0 fully saturated rings. The molecule has 0 aliphatic rings. The van der Waals surface area contributed by atoms with Crippen molar-refractivity contribution in [2.75, 3.05) is 7.05 Å². The summed E-state index contributed by atoms with van der Waals surface area (Å²) in [5, 5.41) is 0. The third-order valence-electron chi connectivity index (χ3n) is 0. The lowest BCUT2D eigenvalue weighted by Crippen LogP contribution is -1.27. The molecule has 0 aromatic rings. The van der Waals surface area contributed by atoms with Crippen molar-refractivity contribution in [2.24, 2.45) is 4.99 Å². The monoisotopic (exact) mass is 87.1 g/mol. The lowest BCUT2D eigenvalue weighted by Gasteiger charge is -1.48. The van der Waals surface area contributed by atoms with Crippen LogP contribution in [0.2, 0.25) is 0 Å². The minimum atomic E-state index is 1.25. The van der Waals surface area contributed by atoms with Crippen LogP contribution >= 0.6 is 0 Å². The van der Waals surface area contributed by atoms with Gasteiger partial charge in [-0.2, -0.15) is 0 Å². The third-order valence-corrected chi connectivity index (χ3v) is 0. The molecule has 0 rings (SSSR count). The van der Waals surface area contributed by atoms with E-state index in [1.807, 2.05) is 0 Å². The Balaban J connectivity index is 0. The van der Waals surface area contributed by atoms with Gasteiger partial charge >= 0.3 is 0 Å². The van der Waals surface area contributed by atoms with Gasteiger partial charge in [-0.05, 0) is 6.72 Å².